The van der Waals surface area contributed by atoms with Crippen LogP contribution in [0.3, 0.4) is 0 Å². The molecule has 0 saturated carbocycles. The summed E-state index contributed by atoms with van der Waals surface area (Å²) in [7, 11) is 0. The van der Waals surface area contributed by atoms with Gasteiger partial charge in [0.1, 0.15) is 11.6 Å². The second kappa shape index (κ2) is 5.79. The van der Waals surface area contributed by atoms with Crippen LogP contribution in [-0.2, 0) is 9.59 Å². The normalized spacial score (nSPS) is 16.5. The molecule has 2 N–H and O–H groups in total. The zero-order valence-electron chi connectivity index (χ0n) is 12.3. The van der Waals surface area contributed by atoms with Crippen molar-refractivity contribution >= 4 is 23.2 Å². The molecule has 1 atom stereocenters. The molecule has 0 fully saturated rings. The van der Waals surface area contributed by atoms with E-state index >= 15 is 0 Å². The molecule has 118 valence electrons. The predicted molar refractivity (Wildman–Crippen MR) is 82.2 cm³/mol. The summed E-state index contributed by atoms with van der Waals surface area (Å²) >= 11 is 0. The summed E-state index contributed by atoms with van der Waals surface area (Å²) in [4.78, 5) is 24.2. The number of anilines is 2. The van der Waals surface area contributed by atoms with E-state index in [0.29, 0.717) is 5.56 Å². The lowest BCUT2D eigenvalue weighted by Gasteiger charge is -2.25. The lowest BCUT2D eigenvalue weighted by molar-refractivity contribution is -0.123. The SMILES string of the molecule is Cc1ccc(NC(=O)C2CC(=O)Nc3cc(F)ccc32)c(F)c1. The van der Waals surface area contributed by atoms with Crippen LogP contribution in [0, 0.1) is 18.6 Å². The second-order valence-corrected chi connectivity index (χ2v) is 5.51. The van der Waals surface area contributed by atoms with Gasteiger partial charge in [-0.1, -0.05) is 12.1 Å². The predicted octanol–water partition coefficient (Wildman–Crippen LogP) is 3.34. The van der Waals surface area contributed by atoms with Gasteiger partial charge in [-0.3, -0.25) is 9.59 Å². The molecule has 2 amide bonds. The maximum atomic E-state index is 13.9. The van der Waals surface area contributed by atoms with Gasteiger partial charge in [-0.25, -0.2) is 8.78 Å². The van der Waals surface area contributed by atoms with E-state index in [4.69, 9.17) is 0 Å². The molecule has 0 bridgehead atoms. The smallest absolute Gasteiger partial charge is 0.232 e. The topological polar surface area (TPSA) is 58.2 Å². The summed E-state index contributed by atoms with van der Waals surface area (Å²) in [6.07, 6.45) is -0.0715. The van der Waals surface area contributed by atoms with E-state index in [0.717, 1.165) is 5.56 Å². The summed E-state index contributed by atoms with van der Waals surface area (Å²) in [5, 5.41) is 5.03. The number of halogens is 2. The minimum atomic E-state index is -0.792. The molecular weight excluding hydrogens is 302 g/mol. The molecule has 0 aliphatic carbocycles. The van der Waals surface area contributed by atoms with Crippen molar-refractivity contribution in [2.45, 2.75) is 19.3 Å². The fourth-order valence-corrected chi connectivity index (χ4v) is 2.61. The molecule has 0 saturated heterocycles. The van der Waals surface area contributed by atoms with Crippen LogP contribution in [0.2, 0.25) is 0 Å². The largest absolute Gasteiger partial charge is 0.326 e. The highest BCUT2D eigenvalue weighted by Gasteiger charge is 2.31. The fourth-order valence-electron chi connectivity index (χ4n) is 2.61. The van der Waals surface area contributed by atoms with Crippen LogP contribution in [-0.4, -0.2) is 11.8 Å². The van der Waals surface area contributed by atoms with Crippen molar-refractivity contribution in [1.29, 1.82) is 0 Å². The number of carbonyl (C=O) groups is 2. The minimum absolute atomic E-state index is 0.0512. The number of fused-ring (bicyclic) bond motifs is 1. The molecule has 23 heavy (non-hydrogen) atoms. The van der Waals surface area contributed by atoms with Crippen molar-refractivity contribution in [2.24, 2.45) is 0 Å². The number of hydrogen-bond acceptors (Lipinski definition) is 2. The molecular formula is C17H14F2N2O2. The number of aryl methyl sites for hydroxylation is 1. The molecule has 1 unspecified atom stereocenters. The summed E-state index contributed by atoms with van der Waals surface area (Å²) in [5.41, 5.74) is 1.57. The highest BCUT2D eigenvalue weighted by Crippen LogP contribution is 2.33. The third-order valence-corrected chi connectivity index (χ3v) is 3.75. The van der Waals surface area contributed by atoms with Crippen molar-refractivity contribution in [2.75, 3.05) is 10.6 Å². The van der Waals surface area contributed by atoms with E-state index in [1.54, 1.807) is 13.0 Å². The summed E-state index contributed by atoms with van der Waals surface area (Å²) < 4.78 is 27.1. The van der Waals surface area contributed by atoms with E-state index in [1.165, 1.54) is 30.3 Å². The van der Waals surface area contributed by atoms with Crippen LogP contribution in [0.15, 0.2) is 36.4 Å². The van der Waals surface area contributed by atoms with Gasteiger partial charge in [0.15, 0.2) is 0 Å². The van der Waals surface area contributed by atoms with Crippen molar-refractivity contribution < 1.29 is 18.4 Å². The van der Waals surface area contributed by atoms with E-state index in [2.05, 4.69) is 10.6 Å². The van der Waals surface area contributed by atoms with Crippen LogP contribution < -0.4 is 10.6 Å². The first-order chi connectivity index (χ1) is 10.9. The minimum Gasteiger partial charge on any atom is -0.326 e. The van der Waals surface area contributed by atoms with Crippen molar-refractivity contribution in [3.05, 3.63) is 59.2 Å². The Morgan fingerprint density at radius 3 is 2.74 bits per heavy atom. The van der Waals surface area contributed by atoms with Gasteiger partial charge in [0.2, 0.25) is 11.8 Å². The van der Waals surface area contributed by atoms with Crippen LogP contribution in [0.25, 0.3) is 0 Å². The first-order valence-corrected chi connectivity index (χ1v) is 7.10. The van der Waals surface area contributed by atoms with Gasteiger partial charge in [-0.05, 0) is 42.3 Å². The van der Waals surface area contributed by atoms with Crippen LogP contribution in [0.1, 0.15) is 23.5 Å². The second-order valence-electron chi connectivity index (χ2n) is 5.51. The Labute approximate surface area is 131 Å². The van der Waals surface area contributed by atoms with Crippen molar-refractivity contribution in [3.8, 4) is 0 Å². The Morgan fingerprint density at radius 2 is 2.00 bits per heavy atom. The molecule has 1 aliphatic rings. The Morgan fingerprint density at radius 1 is 1.22 bits per heavy atom. The molecule has 3 rings (SSSR count). The number of amides is 2. The average Bonchev–Trinajstić information content (AvgIpc) is 2.48. The Bertz CT molecular complexity index is 805. The zero-order chi connectivity index (χ0) is 16.6. The van der Waals surface area contributed by atoms with Gasteiger partial charge in [-0.2, -0.15) is 0 Å². The first-order valence-electron chi connectivity index (χ1n) is 7.10. The van der Waals surface area contributed by atoms with E-state index < -0.39 is 23.5 Å². The highest BCUT2D eigenvalue weighted by atomic mass is 19.1. The Kier molecular flexibility index (Phi) is 3.82. The molecule has 1 heterocycles. The van der Waals surface area contributed by atoms with E-state index in [-0.39, 0.29) is 23.7 Å². The van der Waals surface area contributed by atoms with Crippen molar-refractivity contribution in [1.82, 2.24) is 0 Å². The van der Waals surface area contributed by atoms with Crippen LogP contribution in [0.4, 0.5) is 20.2 Å². The Hall–Kier alpha value is -2.76. The van der Waals surface area contributed by atoms with Gasteiger partial charge in [0, 0.05) is 12.1 Å². The maximum Gasteiger partial charge on any atom is 0.232 e. The molecule has 2 aromatic rings. The number of rotatable bonds is 2. The first kappa shape index (κ1) is 15.1. The number of hydrogen-bond donors (Lipinski definition) is 2. The van der Waals surface area contributed by atoms with Gasteiger partial charge in [-0.15, -0.1) is 0 Å². The number of nitrogens with one attached hydrogen (secondary N) is 2. The molecule has 0 radical (unpaired) electrons. The molecule has 0 spiro atoms. The third-order valence-electron chi connectivity index (χ3n) is 3.75. The van der Waals surface area contributed by atoms with Crippen molar-refractivity contribution in [3.63, 3.8) is 0 Å². The van der Waals surface area contributed by atoms with Gasteiger partial charge < -0.3 is 10.6 Å². The standard InChI is InChI=1S/C17H14F2N2O2/c1-9-2-5-14(13(19)6-9)21-17(23)12-8-16(22)20-15-7-10(18)3-4-11(12)15/h2-7,12H,8H2,1H3,(H,20,22)(H,21,23). The van der Waals surface area contributed by atoms with E-state index in [1.807, 2.05) is 0 Å². The lowest BCUT2D eigenvalue weighted by atomic mass is 9.89. The third kappa shape index (κ3) is 3.06. The summed E-state index contributed by atoms with van der Waals surface area (Å²) in [6, 6.07) is 8.31. The van der Waals surface area contributed by atoms with Gasteiger partial charge in [0.05, 0.1) is 11.6 Å². The van der Waals surface area contributed by atoms with Gasteiger partial charge in [0.25, 0.3) is 0 Å². The summed E-state index contributed by atoms with van der Waals surface area (Å²) in [6.45, 7) is 1.74. The van der Waals surface area contributed by atoms with Crippen LogP contribution >= 0.6 is 0 Å². The maximum absolute atomic E-state index is 13.9. The molecule has 4 nitrogen and oxygen atoms in total. The fraction of sp³-hybridized carbons (Fsp3) is 0.176. The number of benzene rings is 2. The molecule has 2 aromatic carbocycles. The monoisotopic (exact) mass is 316 g/mol. The lowest BCUT2D eigenvalue weighted by Crippen LogP contribution is -2.31. The van der Waals surface area contributed by atoms with Crippen LogP contribution in [0.5, 0.6) is 0 Å². The summed E-state index contributed by atoms with van der Waals surface area (Å²) in [5.74, 6) is -2.73. The van der Waals surface area contributed by atoms with E-state index in [9.17, 15) is 18.4 Å². The number of carbonyl (C=O) groups excluding carboxylic acids is 2. The highest BCUT2D eigenvalue weighted by molar-refractivity contribution is 6.05. The average molecular weight is 316 g/mol. The van der Waals surface area contributed by atoms with Gasteiger partial charge >= 0.3 is 0 Å². The molecule has 0 aromatic heterocycles. The quantitative estimate of drug-likeness (QED) is 0.893. The zero-order valence-corrected chi connectivity index (χ0v) is 12.3. The molecule has 6 heteroatoms. The molecule has 1 aliphatic heterocycles. The Balaban J connectivity index is 1.89.